The third-order valence-corrected chi connectivity index (χ3v) is 4.34. The number of nitrogens with one attached hydrogen (secondary N) is 1. The van der Waals surface area contributed by atoms with E-state index in [1.54, 1.807) is 19.1 Å². The molecule has 2 amide bonds. The number of carbonyl (C=O) groups excluding carboxylic acids is 2. The van der Waals surface area contributed by atoms with Gasteiger partial charge in [-0.25, -0.2) is 0 Å². The van der Waals surface area contributed by atoms with Gasteiger partial charge in [-0.3, -0.25) is 9.59 Å². The molecule has 0 aliphatic heterocycles. The minimum atomic E-state index is -0.494. The van der Waals surface area contributed by atoms with Crippen LogP contribution in [-0.4, -0.2) is 36.9 Å². The molecule has 0 radical (unpaired) electrons. The maximum atomic E-state index is 13.0. The maximum Gasteiger partial charge on any atom is 0.242 e. The van der Waals surface area contributed by atoms with E-state index < -0.39 is 6.04 Å². The summed E-state index contributed by atoms with van der Waals surface area (Å²) in [5.74, 6) is 0.528. The molecule has 0 bridgehead atoms. The van der Waals surface area contributed by atoms with E-state index in [1.165, 1.54) is 0 Å². The highest BCUT2D eigenvalue weighted by Gasteiger charge is 2.27. The minimum Gasteiger partial charge on any atom is -0.497 e. The highest BCUT2D eigenvalue weighted by Crippen LogP contribution is 2.16. The molecule has 0 aliphatic carbocycles. The lowest BCUT2D eigenvalue weighted by atomic mass is 10.1. The van der Waals surface area contributed by atoms with E-state index in [2.05, 4.69) is 5.32 Å². The molecular formula is C21H26N2O3. The quantitative estimate of drug-likeness (QED) is 0.793. The Morgan fingerprint density at radius 2 is 1.69 bits per heavy atom. The van der Waals surface area contributed by atoms with Gasteiger partial charge in [0, 0.05) is 13.6 Å². The predicted octanol–water partition coefficient (Wildman–Crippen LogP) is 2.79. The van der Waals surface area contributed by atoms with E-state index >= 15 is 0 Å². The summed E-state index contributed by atoms with van der Waals surface area (Å²) >= 11 is 0. The first-order valence-corrected chi connectivity index (χ1v) is 8.77. The van der Waals surface area contributed by atoms with E-state index in [9.17, 15) is 9.59 Å². The SMILES string of the molecule is CC[C@@H](C(=O)NC)N(Cc1ccccc1)C(=O)Cc1ccc(OC)cc1. The molecule has 0 saturated carbocycles. The van der Waals surface area contributed by atoms with E-state index in [0.717, 1.165) is 16.9 Å². The van der Waals surface area contributed by atoms with Crippen molar-refractivity contribution in [2.24, 2.45) is 0 Å². The van der Waals surface area contributed by atoms with Gasteiger partial charge >= 0.3 is 0 Å². The van der Waals surface area contributed by atoms with Crippen molar-refractivity contribution in [3.05, 3.63) is 65.7 Å². The fraction of sp³-hybridized carbons (Fsp3) is 0.333. The van der Waals surface area contributed by atoms with Crippen LogP contribution in [0.1, 0.15) is 24.5 Å². The third kappa shape index (κ3) is 5.09. The van der Waals surface area contributed by atoms with Crippen LogP contribution in [0, 0.1) is 0 Å². The molecule has 2 aromatic carbocycles. The molecule has 138 valence electrons. The van der Waals surface area contributed by atoms with Gasteiger partial charge in [-0.15, -0.1) is 0 Å². The van der Waals surface area contributed by atoms with Crippen LogP contribution >= 0.6 is 0 Å². The highest BCUT2D eigenvalue weighted by molar-refractivity contribution is 5.88. The summed E-state index contributed by atoms with van der Waals surface area (Å²) < 4.78 is 5.15. The molecule has 0 spiro atoms. The lowest BCUT2D eigenvalue weighted by molar-refractivity contribution is -0.140. The standard InChI is InChI=1S/C21H26N2O3/c1-4-19(21(25)22-2)23(15-17-8-6-5-7-9-17)20(24)14-16-10-12-18(26-3)13-11-16/h5-13,19H,4,14-15H2,1-3H3,(H,22,25)/t19-/m0/s1. The van der Waals surface area contributed by atoms with E-state index in [-0.39, 0.29) is 18.2 Å². The summed E-state index contributed by atoms with van der Waals surface area (Å²) in [6, 6.07) is 16.6. The van der Waals surface area contributed by atoms with Gasteiger partial charge in [-0.1, -0.05) is 49.4 Å². The van der Waals surface area contributed by atoms with Crippen molar-refractivity contribution < 1.29 is 14.3 Å². The molecule has 0 saturated heterocycles. The fourth-order valence-corrected chi connectivity index (χ4v) is 2.89. The zero-order valence-electron chi connectivity index (χ0n) is 15.6. The largest absolute Gasteiger partial charge is 0.497 e. The van der Waals surface area contributed by atoms with E-state index in [1.807, 2.05) is 61.5 Å². The van der Waals surface area contributed by atoms with Gasteiger partial charge in [0.2, 0.25) is 11.8 Å². The lowest BCUT2D eigenvalue weighted by Gasteiger charge is -2.30. The molecular weight excluding hydrogens is 328 g/mol. The Kier molecular flexibility index (Phi) is 7.21. The smallest absolute Gasteiger partial charge is 0.242 e. The molecule has 5 nitrogen and oxygen atoms in total. The second-order valence-corrected chi connectivity index (χ2v) is 6.07. The van der Waals surface area contributed by atoms with Crippen molar-refractivity contribution in [3.8, 4) is 5.75 Å². The van der Waals surface area contributed by atoms with Crippen molar-refractivity contribution in [2.75, 3.05) is 14.2 Å². The number of methoxy groups -OCH3 is 1. The van der Waals surface area contributed by atoms with Crippen LogP contribution in [0.15, 0.2) is 54.6 Å². The number of ether oxygens (including phenoxy) is 1. The molecule has 5 heteroatoms. The maximum absolute atomic E-state index is 13.0. The Hall–Kier alpha value is -2.82. The van der Waals surface area contributed by atoms with Crippen LogP contribution in [0.5, 0.6) is 5.75 Å². The molecule has 0 aromatic heterocycles. The first-order valence-electron chi connectivity index (χ1n) is 8.77. The highest BCUT2D eigenvalue weighted by atomic mass is 16.5. The Labute approximate surface area is 155 Å². The van der Waals surface area contributed by atoms with Crippen LogP contribution in [-0.2, 0) is 22.6 Å². The molecule has 2 aromatic rings. The van der Waals surface area contributed by atoms with Crippen molar-refractivity contribution in [3.63, 3.8) is 0 Å². The number of amides is 2. The normalized spacial score (nSPS) is 11.5. The third-order valence-electron chi connectivity index (χ3n) is 4.34. The van der Waals surface area contributed by atoms with Crippen LogP contribution in [0.4, 0.5) is 0 Å². The van der Waals surface area contributed by atoms with Crippen molar-refractivity contribution in [1.82, 2.24) is 10.2 Å². The van der Waals surface area contributed by atoms with Gasteiger partial charge in [-0.05, 0) is 29.7 Å². The van der Waals surface area contributed by atoms with Gasteiger partial charge < -0.3 is 15.0 Å². The zero-order chi connectivity index (χ0) is 18.9. The second kappa shape index (κ2) is 9.61. The van der Waals surface area contributed by atoms with E-state index in [4.69, 9.17) is 4.74 Å². The number of benzene rings is 2. The minimum absolute atomic E-state index is 0.0746. The molecule has 0 fully saturated rings. The number of hydrogen-bond donors (Lipinski definition) is 1. The Balaban J connectivity index is 2.22. The number of rotatable bonds is 8. The average molecular weight is 354 g/mol. The summed E-state index contributed by atoms with van der Waals surface area (Å²) in [7, 11) is 3.20. The molecule has 0 aliphatic rings. The number of nitrogens with zero attached hydrogens (tertiary/aromatic N) is 1. The molecule has 0 unspecified atom stereocenters. The average Bonchev–Trinajstić information content (AvgIpc) is 2.68. The van der Waals surface area contributed by atoms with Gasteiger partial charge in [0.25, 0.3) is 0 Å². The summed E-state index contributed by atoms with van der Waals surface area (Å²) in [4.78, 5) is 27.0. The number of likely N-dealkylation sites (N-methyl/N-ethyl adjacent to an activating group) is 1. The first-order chi connectivity index (χ1) is 12.6. The number of hydrogen-bond acceptors (Lipinski definition) is 3. The monoisotopic (exact) mass is 354 g/mol. The topological polar surface area (TPSA) is 58.6 Å². The first kappa shape index (κ1) is 19.5. The van der Waals surface area contributed by atoms with Crippen LogP contribution < -0.4 is 10.1 Å². The Morgan fingerprint density at radius 1 is 1.04 bits per heavy atom. The van der Waals surface area contributed by atoms with Crippen LogP contribution in [0.3, 0.4) is 0 Å². The summed E-state index contributed by atoms with van der Waals surface area (Å²) in [5.41, 5.74) is 1.89. The molecule has 2 rings (SSSR count). The Morgan fingerprint density at radius 3 is 2.23 bits per heavy atom. The van der Waals surface area contributed by atoms with Crippen molar-refractivity contribution in [2.45, 2.75) is 32.4 Å². The van der Waals surface area contributed by atoms with Gasteiger partial charge in [0.15, 0.2) is 0 Å². The summed E-state index contributed by atoms with van der Waals surface area (Å²) in [6.07, 6.45) is 0.797. The molecule has 1 atom stereocenters. The van der Waals surface area contributed by atoms with Crippen molar-refractivity contribution >= 4 is 11.8 Å². The second-order valence-electron chi connectivity index (χ2n) is 6.07. The van der Waals surface area contributed by atoms with E-state index in [0.29, 0.717) is 13.0 Å². The molecule has 0 heterocycles. The lowest BCUT2D eigenvalue weighted by Crippen LogP contribution is -2.48. The van der Waals surface area contributed by atoms with Gasteiger partial charge in [0.1, 0.15) is 11.8 Å². The zero-order valence-corrected chi connectivity index (χ0v) is 15.6. The molecule has 1 N–H and O–H groups in total. The summed E-state index contributed by atoms with van der Waals surface area (Å²) in [5, 5.41) is 2.67. The molecule has 26 heavy (non-hydrogen) atoms. The Bertz CT molecular complexity index is 714. The number of carbonyl (C=O) groups is 2. The van der Waals surface area contributed by atoms with Crippen molar-refractivity contribution in [1.29, 1.82) is 0 Å². The van der Waals surface area contributed by atoms with Crippen LogP contribution in [0.2, 0.25) is 0 Å². The van der Waals surface area contributed by atoms with Gasteiger partial charge in [0.05, 0.1) is 13.5 Å². The fourth-order valence-electron chi connectivity index (χ4n) is 2.89. The predicted molar refractivity (Wildman–Crippen MR) is 102 cm³/mol. The summed E-state index contributed by atoms with van der Waals surface area (Å²) in [6.45, 7) is 2.32. The van der Waals surface area contributed by atoms with Crippen LogP contribution in [0.25, 0.3) is 0 Å². The van der Waals surface area contributed by atoms with Gasteiger partial charge in [-0.2, -0.15) is 0 Å².